The number of carbonyl (C=O) groups excluding carboxylic acids is 1. The van der Waals surface area contributed by atoms with Crippen molar-refractivity contribution in [3.63, 3.8) is 0 Å². The molecule has 0 aliphatic carbocycles. The SMILES string of the molecule is CCN(CC)c1cc(Cl)cc(C(=O)C[S+]2CCCCC2)c1. The molecule has 1 aliphatic rings. The van der Waals surface area contributed by atoms with Gasteiger partial charge in [0.1, 0.15) is 11.5 Å². The third kappa shape index (κ3) is 4.65. The first-order chi connectivity index (χ1) is 10.1. The first kappa shape index (κ1) is 16.7. The van der Waals surface area contributed by atoms with Crippen molar-refractivity contribution in [1.29, 1.82) is 0 Å². The van der Waals surface area contributed by atoms with E-state index in [-0.39, 0.29) is 5.78 Å². The topological polar surface area (TPSA) is 20.3 Å². The van der Waals surface area contributed by atoms with Gasteiger partial charge >= 0.3 is 0 Å². The first-order valence-electron chi connectivity index (χ1n) is 7.87. The predicted molar refractivity (Wildman–Crippen MR) is 95.2 cm³/mol. The van der Waals surface area contributed by atoms with Crippen LogP contribution < -0.4 is 4.90 Å². The zero-order valence-corrected chi connectivity index (χ0v) is 14.6. The molecule has 1 fully saturated rings. The minimum absolute atomic E-state index is 0.260. The van der Waals surface area contributed by atoms with Crippen LogP contribution in [-0.2, 0) is 10.9 Å². The Balaban J connectivity index is 2.12. The maximum absolute atomic E-state index is 12.5. The van der Waals surface area contributed by atoms with Crippen LogP contribution in [0.15, 0.2) is 18.2 Å². The molecule has 2 nitrogen and oxygen atoms in total. The fourth-order valence-electron chi connectivity index (χ4n) is 2.81. The van der Waals surface area contributed by atoms with Gasteiger partial charge in [-0.15, -0.1) is 0 Å². The minimum atomic E-state index is 0.260. The van der Waals surface area contributed by atoms with Gasteiger partial charge in [-0.1, -0.05) is 11.6 Å². The highest BCUT2D eigenvalue weighted by molar-refractivity contribution is 7.97. The minimum Gasteiger partial charge on any atom is -0.372 e. The van der Waals surface area contributed by atoms with E-state index in [1.807, 2.05) is 18.2 Å². The average Bonchev–Trinajstić information content (AvgIpc) is 2.49. The molecule has 0 bridgehead atoms. The maximum atomic E-state index is 12.5. The van der Waals surface area contributed by atoms with Crippen molar-refractivity contribution in [2.75, 3.05) is 35.2 Å². The van der Waals surface area contributed by atoms with E-state index in [1.54, 1.807) is 0 Å². The van der Waals surface area contributed by atoms with E-state index in [0.29, 0.717) is 21.7 Å². The third-order valence-corrected chi connectivity index (χ3v) is 6.66. The molecule has 0 amide bonds. The van der Waals surface area contributed by atoms with E-state index in [4.69, 9.17) is 11.6 Å². The van der Waals surface area contributed by atoms with Gasteiger partial charge < -0.3 is 4.90 Å². The lowest BCUT2D eigenvalue weighted by Crippen LogP contribution is -2.26. The molecule has 21 heavy (non-hydrogen) atoms. The molecular formula is C17H25ClNOS+. The molecule has 1 aromatic carbocycles. The fourth-order valence-corrected chi connectivity index (χ4v) is 5.30. The van der Waals surface area contributed by atoms with Gasteiger partial charge in [-0.05, 0) is 62.2 Å². The number of carbonyl (C=O) groups is 1. The monoisotopic (exact) mass is 326 g/mol. The van der Waals surface area contributed by atoms with Gasteiger partial charge in [0.2, 0.25) is 5.78 Å². The van der Waals surface area contributed by atoms with Crippen LogP contribution in [0.2, 0.25) is 5.02 Å². The number of hydrogen-bond donors (Lipinski definition) is 0. The van der Waals surface area contributed by atoms with Crippen LogP contribution in [0.3, 0.4) is 0 Å². The van der Waals surface area contributed by atoms with Gasteiger partial charge in [0.15, 0.2) is 5.75 Å². The summed E-state index contributed by atoms with van der Waals surface area (Å²) in [6, 6.07) is 5.78. The van der Waals surface area contributed by atoms with Crippen LogP contribution in [-0.4, -0.2) is 36.1 Å². The summed E-state index contributed by atoms with van der Waals surface area (Å²) in [6.45, 7) is 6.09. The second-order valence-electron chi connectivity index (χ2n) is 5.52. The lowest BCUT2D eigenvalue weighted by molar-refractivity contribution is 0.102. The van der Waals surface area contributed by atoms with Crippen molar-refractivity contribution >= 4 is 34.0 Å². The zero-order valence-electron chi connectivity index (χ0n) is 13.0. The van der Waals surface area contributed by atoms with Gasteiger partial charge in [-0.25, -0.2) is 0 Å². The molecule has 4 heteroatoms. The number of anilines is 1. The molecule has 1 saturated heterocycles. The molecule has 0 saturated carbocycles. The molecule has 0 aromatic heterocycles. The summed E-state index contributed by atoms with van der Waals surface area (Å²) in [4.78, 5) is 14.8. The maximum Gasteiger partial charge on any atom is 0.211 e. The van der Waals surface area contributed by atoms with E-state index in [9.17, 15) is 4.79 Å². The lowest BCUT2D eigenvalue weighted by Gasteiger charge is -2.22. The Morgan fingerprint density at radius 1 is 1.14 bits per heavy atom. The zero-order chi connectivity index (χ0) is 15.2. The quantitative estimate of drug-likeness (QED) is 0.577. The van der Waals surface area contributed by atoms with Crippen molar-refractivity contribution in [3.05, 3.63) is 28.8 Å². The number of hydrogen-bond acceptors (Lipinski definition) is 2. The number of ketones is 1. The van der Waals surface area contributed by atoms with Crippen molar-refractivity contribution in [1.82, 2.24) is 0 Å². The Labute approximate surface area is 136 Å². The van der Waals surface area contributed by atoms with Gasteiger partial charge in [-0.2, -0.15) is 0 Å². The standard InChI is InChI=1S/C17H25ClNOS/c1-3-19(4-2)16-11-14(10-15(18)12-16)17(20)13-21-8-6-5-7-9-21/h10-12H,3-9,13H2,1-2H3/q+1. The van der Waals surface area contributed by atoms with E-state index in [1.165, 1.54) is 30.8 Å². The molecule has 0 spiro atoms. The van der Waals surface area contributed by atoms with Gasteiger partial charge in [0, 0.05) is 29.4 Å². The molecule has 0 radical (unpaired) electrons. The molecule has 0 unspecified atom stereocenters. The molecular weight excluding hydrogens is 302 g/mol. The van der Waals surface area contributed by atoms with Crippen molar-refractivity contribution < 1.29 is 4.79 Å². The Morgan fingerprint density at radius 3 is 2.43 bits per heavy atom. The van der Waals surface area contributed by atoms with Crippen LogP contribution in [0.5, 0.6) is 0 Å². The Morgan fingerprint density at radius 2 is 1.81 bits per heavy atom. The van der Waals surface area contributed by atoms with Crippen molar-refractivity contribution in [3.8, 4) is 0 Å². The van der Waals surface area contributed by atoms with Crippen molar-refractivity contribution in [2.24, 2.45) is 0 Å². The number of nitrogens with zero attached hydrogens (tertiary/aromatic N) is 1. The van der Waals surface area contributed by atoms with E-state index in [0.717, 1.165) is 24.3 Å². The van der Waals surface area contributed by atoms with E-state index >= 15 is 0 Å². The number of halogens is 1. The summed E-state index contributed by atoms with van der Waals surface area (Å²) >= 11 is 6.22. The van der Waals surface area contributed by atoms with E-state index < -0.39 is 0 Å². The van der Waals surface area contributed by atoms with Gasteiger partial charge in [0.05, 0.1) is 0 Å². The molecule has 1 heterocycles. The molecule has 0 N–H and O–H groups in total. The molecule has 2 rings (SSSR count). The highest BCUT2D eigenvalue weighted by Crippen LogP contribution is 2.24. The number of Topliss-reactive ketones (excluding diaryl/α,β-unsaturated/α-hetero) is 1. The summed E-state index contributed by atoms with van der Waals surface area (Å²) in [5, 5.41) is 0.662. The number of rotatable bonds is 6. The molecule has 116 valence electrons. The summed E-state index contributed by atoms with van der Waals surface area (Å²) in [5.41, 5.74) is 1.84. The second kappa shape index (κ2) is 8.09. The summed E-state index contributed by atoms with van der Waals surface area (Å²) in [5.74, 6) is 3.43. The molecule has 1 aromatic rings. The highest BCUT2D eigenvalue weighted by Gasteiger charge is 2.26. The normalized spacial score (nSPS) is 16.0. The van der Waals surface area contributed by atoms with Crippen LogP contribution >= 0.6 is 11.6 Å². The Hall–Kier alpha value is -0.670. The average molecular weight is 327 g/mol. The van der Waals surface area contributed by atoms with Crippen LogP contribution in [0.1, 0.15) is 43.5 Å². The summed E-state index contributed by atoms with van der Waals surface area (Å²) in [7, 11) is 0.291. The molecule has 0 atom stereocenters. The van der Waals surface area contributed by atoms with Crippen molar-refractivity contribution in [2.45, 2.75) is 33.1 Å². The number of benzene rings is 1. The Kier molecular flexibility index (Phi) is 6.43. The lowest BCUT2D eigenvalue weighted by atomic mass is 10.1. The predicted octanol–water partition coefficient (Wildman–Crippen LogP) is 4.17. The smallest absolute Gasteiger partial charge is 0.211 e. The van der Waals surface area contributed by atoms with Gasteiger partial charge in [-0.3, -0.25) is 4.79 Å². The van der Waals surface area contributed by atoms with Crippen LogP contribution in [0.4, 0.5) is 5.69 Å². The second-order valence-corrected chi connectivity index (χ2v) is 8.29. The van der Waals surface area contributed by atoms with Crippen LogP contribution in [0, 0.1) is 0 Å². The van der Waals surface area contributed by atoms with Crippen LogP contribution in [0.25, 0.3) is 0 Å². The highest BCUT2D eigenvalue weighted by atomic mass is 35.5. The molecule has 1 aliphatic heterocycles. The fraction of sp³-hybridized carbons (Fsp3) is 0.588. The Bertz CT molecular complexity index is 482. The van der Waals surface area contributed by atoms with Gasteiger partial charge in [0.25, 0.3) is 0 Å². The first-order valence-corrected chi connectivity index (χ1v) is 9.98. The summed E-state index contributed by atoms with van der Waals surface area (Å²) < 4.78 is 0. The third-order valence-electron chi connectivity index (χ3n) is 4.03. The summed E-state index contributed by atoms with van der Waals surface area (Å²) in [6.07, 6.45) is 3.91. The largest absolute Gasteiger partial charge is 0.372 e. The van der Waals surface area contributed by atoms with E-state index in [2.05, 4.69) is 18.7 Å².